The first kappa shape index (κ1) is 17.7. The Morgan fingerprint density at radius 2 is 2.00 bits per heavy atom. The van der Waals surface area contributed by atoms with E-state index in [-0.39, 0.29) is 23.5 Å². The van der Waals surface area contributed by atoms with E-state index in [2.05, 4.69) is 5.32 Å². The van der Waals surface area contributed by atoms with Crippen molar-refractivity contribution in [2.45, 2.75) is 18.1 Å². The Kier molecular flexibility index (Phi) is 5.24. The lowest BCUT2D eigenvalue weighted by atomic mass is 9.90. The lowest BCUT2D eigenvalue weighted by Crippen LogP contribution is -2.73. The summed E-state index contributed by atoms with van der Waals surface area (Å²) < 4.78 is 11.5. The van der Waals surface area contributed by atoms with Crippen LogP contribution in [-0.2, 0) is 14.3 Å². The van der Waals surface area contributed by atoms with Gasteiger partial charge in [-0.15, -0.1) is 0 Å². The minimum Gasteiger partial charge on any atom is -0.493 e. The monoisotopic (exact) mass is 347 g/mol. The molecule has 1 aromatic carbocycles. The fourth-order valence-corrected chi connectivity index (χ4v) is 3.38. The Hall–Kier alpha value is -2.12. The van der Waals surface area contributed by atoms with E-state index in [1.54, 1.807) is 11.9 Å². The molecule has 3 rings (SSSR count). The quantitative estimate of drug-likeness (QED) is 0.819. The van der Waals surface area contributed by atoms with Crippen LogP contribution in [0.15, 0.2) is 30.3 Å². The van der Waals surface area contributed by atoms with Gasteiger partial charge in [0.2, 0.25) is 11.8 Å². The normalized spacial score (nSPS) is 22.3. The van der Waals surface area contributed by atoms with Crippen LogP contribution in [-0.4, -0.2) is 80.2 Å². The summed E-state index contributed by atoms with van der Waals surface area (Å²) in [6, 6.07) is 9.21. The molecule has 0 unspecified atom stereocenters. The van der Waals surface area contributed by atoms with E-state index < -0.39 is 0 Å². The summed E-state index contributed by atoms with van der Waals surface area (Å²) in [5.41, 5.74) is -0.338. The molecule has 2 heterocycles. The van der Waals surface area contributed by atoms with Crippen molar-refractivity contribution in [3.8, 4) is 5.75 Å². The summed E-state index contributed by atoms with van der Waals surface area (Å²) >= 11 is 0. The molecule has 7 heteroatoms. The van der Waals surface area contributed by atoms with Crippen molar-refractivity contribution in [3.05, 3.63) is 30.3 Å². The molecule has 1 aromatic rings. The molecule has 1 N–H and O–H groups in total. The van der Waals surface area contributed by atoms with E-state index in [1.807, 2.05) is 42.3 Å². The molecular formula is C18H25N3O4. The predicted octanol–water partition coefficient (Wildman–Crippen LogP) is 0.113. The van der Waals surface area contributed by atoms with Crippen LogP contribution in [0, 0.1) is 0 Å². The van der Waals surface area contributed by atoms with Crippen molar-refractivity contribution >= 4 is 11.8 Å². The molecule has 0 bridgehead atoms. The summed E-state index contributed by atoms with van der Waals surface area (Å²) in [5, 5.41) is 2.65. The van der Waals surface area contributed by atoms with Crippen molar-refractivity contribution in [1.82, 2.24) is 15.1 Å². The van der Waals surface area contributed by atoms with Gasteiger partial charge in [-0.3, -0.25) is 14.5 Å². The topological polar surface area (TPSA) is 71.1 Å². The summed E-state index contributed by atoms with van der Waals surface area (Å²) in [7, 11) is 3.55. The Bertz CT molecular complexity index is 616. The fourth-order valence-electron chi connectivity index (χ4n) is 3.38. The maximum atomic E-state index is 12.3. The smallest absolute Gasteiger partial charge is 0.239 e. The molecule has 0 aliphatic carbocycles. The molecule has 7 nitrogen and oxygen atoms in total. The number of carbonyl (C=O) groups excluding carboxylic acids is 2. The van der Waals surface area contributed by atoms with E-state index >= 15 is 0 Å². The zero-order chi connectivity index (χ0) is 17.9. The summed E-state index contributed by atoms with van der Waals surface area (Å²) in [6.07, 6.45) is 0.349. The molecule has 0 radical (unpaired) electrons. The van der Waals surface area contributed by atoms with Gasteiger partial charge >= 0.3 is 0 Å². The number of rotatable bonds is 5. The summed E-state index contributed by atoms with van der Waals surface area (Å²) in [5.74, 6) is 0.803. The lowest BCUT2D eigenvalue weighted by Gasteiger charge is -2.54. The second kappa shape index (κ2) is 7.41. The Morgan fingerprint density at radius 3 is 2.64 bits per heavy atom. The molecule has 1 spiro atoms. The molecule has 2 aliphatic rings. The predicted molar refractivity (Wildman–Crippen MR) is 92.3 cm³/mol. The fraction of sp³-hybridized carbons (Fsp3) is 0.556. The number of morpholine rings is 1. The van der Waals surface area contributed by atoms with E-state index in [1.165, 1.54) is 0 Å². The maximum Gasteiger partial charge on any atom is 0.239 e. The highest BCUT2D eigenvalue weighted by molar-refractivity contribution is 5.81. The van der Waals surface area contributed by atoms with Gasteiger partial charge in [0.25, 0.3) is 0 Å². The van der Waals surface area contributed by atoms with Gasteiger partial charge in [-0.1, -0.05) is 18.2 Å². The summed E-state index contributed by atoms with van der Waals surface area (Å²) in [4.78, 5) is 27.8. The van der Waals surface area contributed by atoms with Crippen molar-refractivity contribution in [1.29, 1.82) is 0 Å². The number of carbonyl (C=O) groups is 2. The van der Waals surface area contributed by atoms with Gasteiger partial charge in [0.15, 0.2) is 0 Å². The highest BCUT2D eigenvalue weighted by Gasteiger charge is 2.50. The van der Waals surface area contributed by atoms with Gasteiger partial charge in [0.05, 0.1) is 32.7 Å². The van der Waals surface area contributed by atoms with Gasteiger partial charge in [-0.25, -0.2) is 0 Å². The zero-order valence-corrected chi connectivity index (χ0v) is 14.7. The number of nitrogens with zero attached hydrogens (tertiary/aromatic N) is 2. The summed E-state index contributed by atoms with van der Waals surface area (Å²) in [6.45, 7) is 2.51. The van der Waals surface area contributed by atoms with Gasteiger partial charge in [0, 0.05) is 13.6 Å². The zero-order valence-electron chi connectivity index (χ0n) is 14.7. The van der Waals surface area contributed by atoms with Crippen molar-refractivity contribution in [2.24, 2.45) is 0 Å². The minimum absolute atomic E-state index is 0.0392. The van der Waals surface area contributed by atoms with Crippen molar-refractivity contribution in [3.63, 3.8) is 0 Å². The van der Waals surface area contributed by atoms with Gasteiger partial charge < -0.3 is 19.7 Å². The number of para-hydroxylation sites is 1. The van der Waals surface area contributed by atoms with Gasteiger partial charge in [-0.2, -0.15) is 0 Å². The molecule has 25 heavy (non-hydrogen) atoms. The number of nitrogens with one attached hydrogen (secondary N) is 1. The first-order chi connectivity index (χ1) is 12.0. The molecule has 2 fully saturated rings. The standard InChI is InChI=1S/C18H25N3O4/c1-19-17(23)15-10-25-18(11-20(15)2)12-21(13-18)16(22)8-9-24-14-6-4-3-5-7-14/h3-7,15H,8-13H2,1-2H3,(H,19,23)/t15-/m0/s1. The number of hydrogen-bond donors (Lipinski definition) is 1. The lowest BCUT2D eigenvalue weighted by molar-refractivity contribution is -0.201. The molecule has 2 aliphatic heterocycles. The van der Waals surface area contributed by atoms with Crippen LogP contribution in [0.2, 0.25) is 0 Å². The molecule has 0 aromatic heterocycles. The number of hydrogen-bond acceptors (Lipinski definition) is 5. The van der Waals surface area contributed by atoms with Crippen molar-refractivity contribution in [2.75, 3.05) is 46.9 Å². The number of benzene rings is 1. The van der Waals surface area contributed by atoms with Crippen LogP contribution < -0.4 is 10.1 Å². The number of amides is 2. The Morgan fingerprint density at radius 1 is 1.28 bits per heavy atom. The molecule has 1 atom stereocenters. The van der Waals surface area contributed by atoms with Crippen LogP contribution >= 0.6 is 0 Å². The molecular weight excluding hydrogens is 322 g/mol. The first-order valence-corrected chi connectivity index (χ1v) is 8.54. The average Bonchev–Trinajstić information content (AvgIpc) is 2.59. The Labute approximate surface area is 147 Å². The molecule has 2 amide bonds. The second-order valence-electron chi connectivity index (χ2n) is 6.70. The van der Waals surface area contributed by atoms with E-state index in [0.29, 0.717) is 39.3 Å². The van der Waals surface area contributed by atoms with Crippen LogP contribution in [0.3, 0.4) is 0 Å². The third kappa shape index (κ3) is 3.93. The minimum atomic E-state index is -0.338. The van der Waals surface area contributed by atoms with E-state index in [0.717, 1.165) is 5.75 Å². The number of likely N-dealkylation sites (N-methyl/N-ethyl adjacent to an activating group) is 2. The Balaban J connectivity index is 1.41. The van der Waals surface area contributed by atoms with Crippen LogP contribution in [0.25, 0.3) is 0 Å². The second-order valence-corrected chi connectivity index (χ2v) is 6.70. The van der Waals surface area contributed by atoms with Crippen molar-refractivity contribution < 1.29 is 19.1 Å². The number of likely N-dealkylation sites (tertiary alicyclic amines) is 1. The van der Waals surface area contributed by atoms with Crippen LogP contribution in [0.5, 0.6) is 5.75 Å². The van der Waals surface area contributed by atoms with Crippen LogP contribution in [0.4, 0.5) is 0 Å². The SMILES string of the molecule is CNC(=O)[C@@H]1COC2(CN(C(=O)CCOc3ccccc3)C2)CN1C. The highest BCUT2D eigenvalue weighted by atomic mass is 16.5. The molecule has 0 saturated carbocycles. The molecule has 2 saturated heterocycles. The average molecular weight is 347 g/mol. The maximum absolute atomic E-state index is 12.3. The van der Waals surface area contributed by atoms with Crippen LogP contribution in [0.1, 0.15) is 6.42 Å². The van der Waals surface area contributed by atoms with E-state index in [4.69, 9.17) is 9.47 Å². The first-order valence-electron chi connectivity index (χ1n) is 8.54. The third-order valence-corrected chi connectivity index (χ3v) is 4.80. The number of ether oxygens (including phenoxy) is 2. The highest BCUT2D eigenvalue weighted by Crippen LogP contribution is 2.31. The third-order valence-electron chi connectivity index (χ3n) is 4.80. The molecule has 136 valence electrons. The van der Waals surface area contributed by atoms with E-state index in [9.17, 15) is 9.59 Å². The van der Waals surface area contributed by atoms with Gasteiger partial charge in [-0.05, 0) is 19.2 Å². The van der Waals surface area contributed by atoms with Gasteiger partial charge in [0.1, 0.15) is 17.4 Å². The largest absolute Gasteiger partial charge is 0.493 e.